The summed E-state index contributed by atoms with van der Waals surface area (Å²) in [6.45, 7) is 2.22. The van der Waals surface area contributed by atoms with Crippen LogP contribution >= 0.6 is 11.8 Å². The third kappa shape index (κ3) is 5.69. The van der Waals surface area contributed by atoms with Crippen LogP contribution in [0.4, 0.5) is 0 Å². The van der Waals surface area contributed by atoms with E-state index in [9.17, 15) is 4.79 Å². The van der Waals surface area contributed by atoms with Gasteiger partial charge in [0, 0.05) is 22.1 Å². The van der Waals surface area contributed by atoms with Gasteiger partial charge in [-0.1, -0.05) is 68.3 Å². The molecule has 116 valence electrons. The fourth-order valence-corrected chi connectivity index (χ4v) is 3.67. The molecule has 1 atom stereocenters. The molecular weight excluding hydrogens is 288 g/mol. The molecule has 0 unspecified atom stereocenters. The second-order valence-electron chi connectivity index (χ2n) is 5.52. The summed E-state index contributed by atoms with van der Waals surface area (Å²) < 4.78 is 0. The second-order valence-corrected chi connectivity index (χ2v) is 6.90. The van der Waals surface area contributed by atoms with E-state index < -0.39 is 0 Å². The summed E-state index contributed by atoms with van der Waals surface area (Å²) in [4.78, 5) is 13.6. The van der Waals surface area contributed by atoms with Gasteiger partial charge in [-0.05, 0) is 25.0 Å². The predicted molar refractivity (Wildman–Crippen MR) is 95.6 cm³/mol. The van der Waals surface area contributed by atoms with Gasteiger partial charge in [0.25, 0.3) is 0 Å². The number of carbonyl (C=O) groups excluding carboxylic acids is 1. The molecule has 0 aromatic heterocycles. The lowest BCUT2D eigenvalue weighted by Crippen LogP contribution is -2.07. The van der Waals surface area contributed by atoms with E-state index >= 15 is 0 Å². The summed E-state index contributed by atoms with van der Waals surface area (Å²) in [5.74, 6) is 0.260. The minimum atomic E-state index is 0.260. The van der Waals surface area contributed by atoms with Gasteiger partial charge in [0.2, 0.25) is 0 Å². The summed E-state index contributed by atoms with van der Waals surface area (Å²) in [5, 5.41) is 0.523. The lowest BCUT2D eigenvalue weighted by molar-refractivity contribution is 0.0979. The van der Waals surface area contributed by atoms with Crippen LogP contribution in [0.25, 0.3) is 0 Å². The fraction of sp³-hybridized carbons (Fsp3) is 0.350. The van der Waals surface area contributed by atoms with Crippen molar-refractivity contribution in [2.45, 2.75) is 49.2 Å². The van der Waals surface area contributed by atoms with Crippen molar-refractivity contribution in [3.05, 3.63) is 66.2 Å². The Balaban J connectivity index is 1.90. The molecule has 2 rings (SSSR count). The molecule has 2 heteroatoms. The highest BCUT2D eigenvalue weighted by Crippen LogP contribution is 2.30. The summed E-state index contributed by atoms with van der Waals surface area (Å²) >= 11 is 1.91. The Hall–Kier alpha value is -1.54. The number of unbranched alkanes of at least 4 members (excludes halogenated alkanes) is 1. The highest BCUT2D eigenvalue weighted by molar-refractivity contribution is 8.00. The predicted octanol–water partition coefficient (Wildman–Crippen LogP) is 6.00. The molecule has 2 aromatic carbocycles. The molecule has 0 aliphatic carbocycles. The Bertz CT molecular complexity index is 550. The molecule has 0 saturated carbocycles. The van der Waals surface area contributed by atoms with Gasteiger partial charge in [-0.3, -0.25) is 4.79 Å². The number of hydrogen-bond acceptors (Lipinski definition) is 2. The highest BCUT2D eigenvalue weighted by Gasteiger charge is 2.13. The van der Waals surface area contributed by atoms with Crippen molar-refractivity contribution < 1.29 is 4.79 Å². The molecule has 1 nitrogen and oxygen atoms in total. The van der Waals surface area contributed by atoms with Crippen LogP contribution in [0.1, 0.15) is 49.4 Å². The van der Waals surface area contributed by atoms with E-state index in [4.69, 9.17) is 0 Å². The molecule has 0 fully saturated rings. The number of thioether (sulfide) groups is 1. The van der Waals surface area contributed by atoms with Gasteiger partial charge in [-0.2, -0.15) is 0 Å². The van der Waals surface area contributed by atoms with Crippen molar-refractivity contribution in [3.63, 3.8) is 0 Å². The van der Waals surface area contributed by atoms with Gasteiger partial charge in [-0.15, -0.1) is 11.8 Å². The monoisotopic (exact) mass is 312 g/mol. The lowest BCUT2D eigenvalue weighted by atomic mass is 10.0. The van der Waals surface area contributed by atoms with E-state index in [0.29, 0.717) is 11.7 Å². The minimum absolute atomic E-state index is 0.260. The van der Waals surface area contributed by atoms with Crippen molar-refractivity contribution in [2.24, 2.45) is 0 Å². The zero-order valence-electron chi connectivity index (χ0n) is 13.2. The first kappa shape index (κ1) is 16.8. The van der Waals surface area contributed by atoms with Crippen LogP contribution in [0, 0.1) is 0 Å². The summed E-state index contributed by atoms with van der Waals surface area (Å²) in [5.41, 5.74) is 0.835. The molecule has 0 N–H and O–H groups in total. The van der Waals surface area contributed by atoms with Crippen LogP contribution in [0.5, 0.6) is 0 Å². The van der Waals surface area contributed by atoms with Crippen LogP contribution in [-0.2, 0) is 0 Å². The average molecular weight is 312 g/mol. The van der Waals surface area contributed by atoms with Crippen LogP contribution < -0.4 is 0 Å². The normalized spacial score (nSPS) is 12.0. The molecule has 0 saturated heterocycles. The van der Waals surface area contributed by atoms with Gasteiger partial charge in [-0.25, -0.2) is 0 Å². The van der Waals surface area contributed by atoms with E-state index in [-0.39, 0.29) is 5.78 Å². The Labute approximate surface area is 138 Å². The van der Waals surface area contributed by atoms with E-state index in [2.05, 4.69) is 31.2 Å². The topological polar surface area (TPSA) is 17.1 Å². The molecular formula is C20H24OS. The molecule has 0 spiro atoms. The van der Waals surface area contributed by atoms with Crippen LogP contribution in [-0.4, -0.2) is 11.0 Å². The average Bonchev–Trinajstić information content (AvgIpc) is 2.58. The molecule has 0 aliphatic rings. The van der Waals surface area contributed by atoms with Crippen molar-refractivity contribution in [1.29, 1.82) is 0 Å². The van der Waals surface area contributed by atoms with Crippen LogP contribution in [0.15, 0.2) is 65.6 Å². The fourth-order valence-electron chi connectivity index (χ4n) is 2.45. The number of hydrogen-bond donors (Lipinski definition) is 0. The molecule has 22 heavy (non-hydrogen) atoms. The Morgan fingerprint density at radius 2 is 1.59 bits per heavy atom. The standard InChI is InChI=1S/C20H24OS/c1-2-3-12-19(22-18-13-8-5-9-14-18)15-16-20(21)17-10-6-4-7-11-17/h4-11,13-14,19H,2-3,12,15-16H2,1H3/t19-/m1/s1. The Kier molecular flexibility index (Phi) is 7.24. The van der Waals surface area contributed by atoms with Crippen molar-refractivity contribution >= 4 is 17.5 Å². The number of carbonyl (C=O) groups is 1. The molecule has 2 aromatic rings. The number of benzene rings is 2. The zero-order chi connectivity index (χ0) is 15.6. The van der Waals surface area contributed by atoms with Gasteiger partial charge < -0.3 is 0 Å². The Morgan fingerprint density at radius 3 is 2.23 bits per heavy atom. The van der Waals surface area contributed by atoms with Crippen molar-refractivity contribution in [3.8, 4) is 0 Å². The molecule has 0 aliphatic heterocycles. The molecule has 0 heterocycles. The largest absolute Gasteiger partial charge is 0.294 e. The summed E-state index contributed by atoms with van der Waals surface area (Å²) in [7, 11) is 0. The maximum Gasteiger partial charge on any atom is 0.162 e. The quantitative estimate of drug-likeness (QED) is 0.417. The summed E-state index contributed by atoms with van der Waals surface area (Å²) in [6, 6.07) is 20.1. The van der Waals surface area contributed by atoms with Gasteiger partial charge >= 0.3 is 0 Å². The first-order chi connectivity index (χ1) is 10.8. The molecule has 0 radical (unpaired) electrons. The third-order valence-electron chi connectivity index (χ3n) is 3.71. The van der Waals surface area contributed by atoms with Gasteiger partial charge in [0.1, 0.15) is 0 Å². The number of ketones is 1. The maximum absolute atomic E-state index is 12.3. The minimum Gasteiger partial charge on any atom is -0.294 e. The van der Waals surface area contributed by atoms with E-state index in [1.165, 1.54) is 24.2 Å². The lowest BCUT2D eigenvalue weighted by Gasteiger charge is -2.16. The smallest absolute Gasteiger partial charge is 0.162 e. The number of Topliss-reactive ketones (excluding diaryl/α,β-unsaturated/α-hetero) is 1. The SMILES string of the molecule is CCCC[C@H](CCC(=O)c1ccccc1)Sc1ccccc1. The second kappa shape index (κ2) is 9.47. The van der Waals surface area contributed by atoms with Gasteiger partial charge in [0.15, 0.2) is 5.78 Å². The van der Waals surface area contributed by atoms with E-state index in [1.807, 2.05) is 48.2 Å². The molecule has 0 amide bonds. The Morgan fingerprint density at radius 1 is 0.955 bits per heavy atom. The van der Waals surface area contributed by atoms with Crippen LogP contribution in [0.3, 0.4) is 0 Å². The van der Waals surface area contributed by atoms with Crippen LogP contribution in [0.2, 0.25) is 0 Å². The highest BCUT2D eigenvalue weighted by atomic mass is 32.2. The first-order valence-corrected chi connectivity index (χ1v) is 8.97. The molecule has 0 bridgehead atoms. The maximum atomic E-state index is 12.3. The summed E-state index contributed by atoms with van der Waals surface area (Å²) in [6.07, 6.45) is 5.20. The van der Waals surface area contributed by atoms with E-state index in [0.717, 1.165) is 12.0 Å². The van der Waals surface area contributed by atoms with Crippen molar-refractivity contribution in [2.75, 3.05) is 0 Å². The van der Waals surface area contributed by atoms with E-state index in [1.54, 1.807) is 0 Å². The van der Waals surface area contributed by atoms with Crippen molar-refractivity contribution in [1.82, 2.24) is 0 Å². The first-order valence-electron chi connectivity index (χ1n) is 8.09. The number of rotatable bonds is 9. The third-order valence-corrected chi connectivity index (χ3v) is 5.06. The zero-order valence-corrected chi connectivity index (χ0v) is 14.0. The van der Waals surface area contributed by atoms with Gasteiger partial charge in [0.05, 0.1) is 0 Å².